The summed E-state index contributed by atoms with van der Waals surface area (Å²) in [6.45, 7) is 1.89. The molecule has 142 valence electrons. The summed E-state index contributed by atoms with van der Waals surface area (Å²) in [7, 11) is 1.44. The van der Waals surface area contributed by atoms with E-state index in [1.54, 1.807) is 0 Å². The Hall–Kier alpha value is -1.84. The summed E-state index contributed by atoms with van der Waals surface area (Å²) in [5, 5.41) is 0. The first kappa shape index (κ1) is 23.2. The van der Waals surface area contributed by atoms with Crippen LogP contribution in [0.15, 0.2) is 36.5 Å². The van der Waals surface area contributed by atoms with Gasteiger partial charge in [0.1, 0.15) is 0 Å². The van der Waals surface area contributed by atoms with Crippen molar-refractivity contribution in [2.24, 2.45) is 0 Å². The van der Waals surface area contributed by atoms with Crippen LogP contribution < -0.4 is 0 Å². The van der Waals surface area contributed by atoms with E-state index in [1.807, 2.05) is 6.08 Å². The lowest BCUT2D eigenvalue weighted by atomic mass is 10.1. The van der Waals surface area contributed by atoms with E-state index in [2.05, 4.69) is 35.1 Å². The molecule has 0 aromatic rings. The first-order valence-electron chi connectivity index (χ1n) is 9.32. The number of methoxy groups -OCH3 is 1. The highest BCUT2D eigenvalue weighted by Gasteiger charge is 1.98. The van der Waals surface area contributed by atoms with Crippen molar-refractivity contribution >= 4 is 11.9 Å². The summed E-state index contributed by atoms with van der Waals surface area (Å²) < 4.78 is 9.45. The van der Waals surface area contributed by atoms with Gasteiger partial charge in [0.2, 0.25) is 0 Å². The van der Waals surface area contributed by atoms with Gasteiger partial charge < -0.3 is 9.47 Å². The molecule has 4 heteroatoms. The van der Waals surface area contributed by atoms with Crippen molar-refractivity contribution in [3.05, 3.63) is 36.5 Å². The van der Waals surface area contributed by atoms with Gasteiger partial charge >= 0.3 is 11.9 Å². The number of allylic oxidation sites excluding steroid dienone is 5. The first-order valence-corrected chi connectivity index (χ1v) is 9.32. The minimum Gasteiger partial charge on any atom is -0.469 e. The van der Waals surface area contributed by atoms with Gasteiger partial charge in [0.15, 0.2) is 0 Å². The Morgan fingerprint density at radius 2 is 1.32 bits per heavy atom. The van der Waals surface area contributed by atoms with E-state index in [-0.39, 0.29) is 11.9 Å². The lowest BCUT2D eigenvalue weighted by Crippen LogP contribution is -1.98. The number of hydrogen-bond acceptors (Lipinski definition) is 4. The molecule has 0 spiro atoms. The van der Waals surface area contributed by atoms with E-state index in [9.17, 15) is 9.59 Å². The number of ether oxygens (including phenoxy) is 2. The molecule has 0 aliphatic heterocycles. The Morgan fingerprint density at radius 1 is 0.760 bits per heavy atom. The third kappa shape index (κ3) is 20.1. The van der Waals surface area contributed by atoms with Crippen LogP contribution in [-0.4, -0.2) is 25.7 Å². The van der Waals surface area contributed by atoms with Gasteiger partial charge in [-0.2, -0.15) is 0 Å². The number of carbonyl (C=O) groups excluding carboxylic acids is 2. The van der Waals surface area contributed by atoms with Crippen LogP contribution in [0, 0.1) is 0 Å². The minimum atomic E-state index is -0.223. The van der Waals surface area contributed by atoms with Crippen LogP contribution in [0.2, 0.25) is 0 Å². The molecule has 0 aromatic carbocycles. The third-order valence-electron chi connectivity index (χ3n) is 3.61. The summed E-state index contributed by atoms with van der Waals surface area (Å²) in [6, 6.07) is 0. The monoisotopic (exact) mass is 350 g/mol. The molecule has 0 heterocycles. The van der Waals surface area contributed by atoms with Gasteiger partial charge in [0, 0.05) is 13.3 Å². The fourth-order valence-corrected chi connectivity index (χ4v) is 2.21. The average molecular weight is 350 g/mol. The fourth-order valence-electron chi connectivity index (χ4n) is 2.21. The number of esters is 2. The van der Waals surface area contributed by atoms with Crippen LogP contribution in [0.3, 0.4) is 0 Å². The molecule has 0 unspecified atom stereocenters. The zero-order chi connectivity index (χ0) is 18.6. The van der Waals surface area contributed by atoms with Gasteiger partial charge in [-0.3, -0.25) is 9.59 Å². The number of carbonyl (C=O) groups is 2. The maximum absolute atomic E-state index is 10.9. The smallest absolute Gasteiger partial charge is 0.305 e. The Bertz CT molecular complexity index is 422. The second-order valence-electron chi connectivity index (χ2n) is 5.90. The standard InChI is InChI=1S/C21H34O4/c1-20(22)25-19-17-15-13-11-9-7-5-3-4-6-8-10-12-14-16-18-21(23)24-2/h3-4,7,9,13,15H,5-6,8,10-12,14,16-19H2,1-2H3/b4-3-,9-7-,15-13-. The van der Waals surface area contributed by atoms with E-state index in [1.165, 1.54) is 33.3 Å². The van der Waals surface area contributed by atoms with E-state index in [4.69, 9.17) is 4.74 Å². The van der Waals surface area contributed by atoms with Crippen molar-refractivity contribution in [3.63, 3.8) is 0 Å². The molecule has 0 saturated carbocycles. The van der Waals surface area contributed by atoms with Crippen molar-refractivity contribution in [2.45, 2.75) is 71.1 Å². The topological polar surface area (TPSA) is 52.6 Å². The van der Waals surface area contributed by atoms with Gasteiger partial charge in [-0.1, -0.05) is 55.7 Å². The Kier molecular flexibility index (Phi) is 17.1. The number of unbranched alkanes of at least 4 members (excludes halogenated alkanes) is 5. The largest absolute Gasteiger partial charge is 0.469 e. The molecular formula is C21H34O4. The summed E-state index contributed by atoms with van der Waals surface area (Å²) in [5.41, 5.74) is 0. The highest BCUT2D eigenvalue weighted by atomic mass is 16.5. The van der Waals surface area contributed by atoms with E-state index < -0.39 is 0 Å². The van der Waals surface area contributed by atoms with Crippen molar-refractivity contribution in [3.8, 4) is 0 Å². The van der Waals surface area contributed by atoms with Crippen LogP contribution in [0.1, 0.15) is 71.1 Å². The SMILES string of the molecule is COC(=O)CCCCCCC/C=C\C/C=C\C/C=C\CCOC(C)=O. The first-order chi connectivity index (χ1) is 12.2. The predicted octanol–water partition coefficient (Wildman–Crippen LogP) is 5.29. The van der Waals surface area contributed by atoms with Crippen LogP contribution in [0.4, 0.5) is 0 Å². The van der Waals surface area contributed by atoms with E-state index in [0.717, 1.165) is 38.5 Å². The number of hydrogen-bond donors (Lipinski definition) is 0. The van der Waals surface area contributed by atoms with Crippen LogP contribution in [0.25, 0.3) is 0 Å². The lowest BCUT2D eigenvalue weighted by Gasteiger charge is -1.99. The van der Waals surface area contributed by atoms with E-state index in [0.29, 0.717) is 13.0 Å². The second kappa shape index (κ2) is 18.5. The zero-order valence-corrected chi connectivity index (χ0v) is 15.9. The zero-order valence-electron chi connectivity index (χ0n) is 15.9. The van der Waals surface area contributed by atoms with Gasteiger partial charge in [-0.05, 0) is 38.5 Å². The lowest BCUT2D eigenvalue weighted by molar-refractivity contribution is -0.141. The van der Waals surface area contributed by atoms with Crippen molar-refractivity contribution < 1.29 is 19.1 Å². The molecule has 0 aliphatic carbocycles. The predicted molar refractivity (Wildman–Crippen MR) is 102 cm³/mol. The van der Waals surface area contributed by atoms with Crippen LogP contribution >= 0.6 is 0 Å². The Morgan fingerprint density at radius 3 is 1.96 bits per heavy atom. The highest BCUT2D eigenvalue weighted by molar-refractivity contribution is 5.68. The summed E-state index contributed by atoms with van der Waals surface area (Å²) in [5.74, 6) is -0.327. The van der Waals surface area contributed by atoms with Crippen LogP contribution in [-0.2, 0) is 19.1 Å². The average Bonchev–Trinajstić information content (AvgIpc) is 2.60. The molecule has 25 heavy (non-hydrogen) atoms. The highest BCUT2D eigenvalue weighted by Crippen LogP contribution is 2.08. The maximum Gasteiger partial charge on any atom is 0.305 e. The van der Waals surface area contributed by atoms with E-state index >= 15 is 0 Å². The molecule has 0 aliphatic rings. The maximum atomic E-state index is 10.9. The van der Waals surface area contributed by atoms with Gasteiger partial charge in [0.05, 0.1) is 13.7 Å². The molecule has 0 aromatic heterocycles. The molecule has 0 saturated heterocycles. The van der Waals surface area contributed by atoms with Gasteiger partial charge in [0.25, 0.3) is 0 Å². The molecule has 0 amide bonds. The molecule has 0 bridgehead atoms. The van der Waals surface area contributed by atoms with Crippen LogP contribution in [0.5, 0.6) is 0 Å². The molecule has 0 atom stereocenters. The Labute approximate surface area is 153 Å². The molecule has 0 rings (SSSR count). The molecule has 4 nitrogen and oxygen atoms in total. The van der Waals surface area contributed by atoms with Crippen molar-refractivity contribution in [1.29, 1.82) is 0 Å². The van der Waals surface area contributed by atoms with Gasteiger partial charge in [-0.25, -0.2) is 0 Å². The van der Waals surface area contributed by atoms with Crippen molar-refractivity contribution in [1.82, 2.24) is 0 Å². The van der Waals surface area contributed by atoms with Crippen molar-refractivity contribution in [2.75, 3.05) is 13.7 Å². The summed E-state index contributed by atoms with van der Waals surface area (Å²) in [6.07, 6.45) is 22.9. The molecule has 0 fully saturated rings. The summed E-state index contributed by atoms with van der Waals surface area (Å²) in [4.78, 5) is 21.5. The van der Waals surface area contributed by atoms with Gasteiger partial charge in [-0.15, -0.1) is 0 Å². The Balaban J connectivity index is 3.33. The number of rotatable bonds is 15. The second-order valence-corrected chi connectivity index (χ2v) is 5.90. The molecular weight excluding hydrogens is 316 g/mol. The molecule has 0 radical (unpaired) electrons. The summed E-state index contributed by atoms with van der Waals surface area (Å²) >= 11 is 0. The normalized spacial score (nSPS) is 11.6. The molecule has 0 N–H and O–H groups in total. The minimum absolute atomic E-state index is 0.103. The quantitative estimate of drug-likeness (QED) is 0.229. The third-order valence-corrected chi connectivity index (χ3v) is 3.61. The fraction of sp³-hybridized carbons (Fsp3) is 0.619.